The topological polar surface area (TPSA) is 27.7 Å². The van der Waals surface area contributed by atoms with Crippen LogP contribution in [0.15, 0.2) is 16.6 Å². The van der Waals surface area contributed by atoms with Crippen molar-refractivity contribution < 1.29 is 14.2 Å². The lowest BCUT2D eigenvalue weighted by molar-refractivity contribution is 0.105. The van der Waals surface area contributed by atoms with Gasteiger partial charge in [-0.25, -0.2) is 0 Å². The minimum atomic E-state index is 0.259. The number of fused-ring (bicyclic) bond motifs is 1. The van der Waals surface area contributed by atoms with Crippen LogP contribution in [0.4, 0.5) is 0 Å². The summed E-state index contributed by atoms with van der Waals surface area (Å²) in [5, 5.41) is 0. The normalized spacial score (nSPS) is 27.3. The number of halogens is 2. The molecule has 19 heavy (non-hydrogen) atoms. The SMILES string of the molecule is CC1OCCC1C(Br)c1cc2c(cc1Br)OCCO2. The van der Waals surface area contributed by atoms with Crippen LogP contribution in [-0.2, 0) is 4.74 Å². The molecule has 5 heteroatoms. The summed E-state index contributed by atoms with van der Waals surface area (Å²) in [6.07, 6.45) is 1.36. The minimum absolute atomic E-state index is 0.259. The van der Waals surface area contributed by atoms with Crippen LogP contribution < -0.4 is 9.47 Å². The molecular weight excluding hydrogens is 376 g/mol. The second-order valence-corrected chi connectivity index (χ2v) is 6.79. The molecule has 2 aliphatic heterocycles. The van der Waals surface area contributed by atoms with Gasteiger partial charge in [-0.15, -0.1) is 0 Å². The quantitative estimate of drug-likeness (QED) is 0.711. The highest BCUT2D eigenvalue weighted by molar-refractivity contribution is 9.11. The molecule has 3 rings (SSSR count). The molecule has 104 valence electrons. The average Bonchev–Trinajstić information content (AvgIpc) is 2.83. The van der Waals surface area contributed by atoms with Gasteiger partial charge in [0.05, 0.1) is 6.10 Å². The second kappa shape index (κ2) is 5.62. The average molecular weight is 392 g/mol. The molecule has 1 saturated heterocycles. The van der Waals surface area contributed by atoms with E-state index in [2.05, 4.69) is 44.8 Å². The Bertz CT molecular complexity index is 478. The molecule has 1 aromatic carbocycles. The van der Waals surface area contributed by atoms with E-state index in [9.17, 15) is 0 Å². The predicted molar refractivity (Wildman–Crippen MR) is 80.3 cm³/mol. The number of alkyl halides is 1. The molecule has 1 aromatic rings. The van der Waals surface area contributed by atoms with Gasteiger partial charge in [-0.2, -0.15) is 0 Å². The first-order chi connectivity index (χ1) is 9.16. The fourth-order valence-electron chi connectivity index (χ4n) is 2.65. The molecular formula is C14H16Br2O3. The molecule has 3 unspecified atom stereocenters. The highest BCUT2D eigenvalue weighted by Gasteiger charge is 2.33. The Hall–Kier alpha value is -0.260. The van der Waals surface area contributed by atoms with Crippen LogP contribution in [0.25, 0.3) is 0 Å². The third-order valence-electron chi connectivity index (χ3n) is 3.77. The lowest BCUT2D eigenvalue weighted by Crippen LogP contribution is -2.18. The molecule has 3 atom stereocenters. The second-order valence-electron chi connectivity index (χ2n) is 4.95. The van der Waals surface area contributed by atoms with Crippen LogP contribution >= 0.6 is 31.9 Å². The van der Waals surface area contributed by atoms with Gasteiger partial charge in [-0.1, -0.05) is 31.9 Å². The number of ether oxygens (including phenoxy) is 3. The molecule has 0 spiro atoms. The van der Waals surface area contributed by atoms with Gasteiger partial charge in [-0.3, -0.25) is 0 Å². The Labute approximate surface area is 129 Å². The van der Waals surface area contributed by atoms with E-state index < -0.39 is 0 Å². The predicted octanol–water partition coefficient (Wildman–Crippen LogP) is 4.08. The van der Waals surface area contributed by atoms with Crippen LogP contribution in [0.1, 0.15) is 23.7 Å². The maximum Gasteiger partial charge on any atom is 0.162 e. The van der Waals surface area contributed by atoms with E-state index in [0.717, 1.165) is 29.0 Å². The number of hydrogen-bond acceptors (Lipinski definition) is 3. The Morgan fingerprint density at radius 3 is 2.47 bits per heavy atom. The number of hydrogen-bond donors (Lipinski definition) is 0. The summed E-state index contributed by atoms with van der Waals surface area (Å²) >= 11 is 7.46. The third kappa shape index (κ3) is 2.65. The van der Waals surface area contributed by atoms with Crippen LogP contribution in [0.2, 0.25) is 0 Å². The monoisotopic (exact) mass is 390 g/mol. The fourth-order valence-corrected chi connectivity index (χ4v) is 4.60. The molecule has 0 aliphatic carbocycles. The van der Waals surface area contributed by atoms with Crippen molar-refractivity contribution in [2.75, 3.05) is 19.8 Å². The Balaban J connectivity index is 1.91. The molecule has 2 heterocycles. The van der Waals surface area contributed by atoms with Crippen LogP contribution in [0.5, 0.6) is 11.5 Å². The van der Waals surface area contributed by atoms with Gasteiger partial charge in [0.25, 0.3) is 0 Å². The lowest BCUT2D eigenvalue weighted by Gasteiger charge is -2.25. The number of benzene rings is 1. The molecule has 0 N–H and O–H groups in total. The summed E-state index contributed by atoms with van der Waals surface area (Å²) in [6, 6.07) is 4.07. The summed E-state index contributed by atoms with van der Waals surface area (Å²) in [6.45, 7) is 4.21. The smallest absolute Gasteiger partial charge is 0.162 e. The number of rotatable bonds is 2. The van der Waals surface area contributed by atoms with Crippen molar-refractivity contribution in [1.82, 2.24) is 0 Å². The fraction of sp³-hybridized carbons (Fsp3) is 0.571. The van der Waals surface area contributed by atoms with E-state index in [0.29, 0.717) is 19.1 Å². The van der Waals surface area contributed by atoms with Gasteiger partial charge in [-0.05, 0) is 31.0 Å². The van der Waals surface area contributed by atoms with Crippen molar-refractivity contribution in [3.05, 3.63) is 22.2 Å². The molecule has 3 nitrogen and oxygen atoms in total. The standard InChI is InChI=1S/C14H16Br2O3/c1-8-9(2-3-17-8)14(16)10-6-12-13(7-11(10)15)19-5-4-18-12/h6-9,14H,2-5H2,1H3. The van der Waals surface area contributed by atoms with Crippen molar-refractivity contribution in [1.29, 1.82) is 0 Å². The molecule has 0 saturated carbocycles. The zero-order valence-electron chi connectivity index (χ0n) is 10.7. The van der Waals surface area contributed by atoms with Gasteiger partial charge in [0, 0.05) is 21.8 Å². The maximum atomic E-state index is 5.66. The van der Waals surface area contributed by atoms with Gasteiger partial charge in [0.2, 0.25) is 0 Å². The summed E-state index contributed by atoms with van der Waals surface area (Å²) in [5.41, 5.74) is 1.20. The Kier molecular flexibility index (Phi) is 4.06. The van der Waals surface area contributed by atoms with Crippen molar-refractivity contribution >= 4 is 31.9 Å². The first-order valence-corrected chi connectivity index (χ1v) is 8.22. The van der Waals surface area contributed by atoms with E-state index in [4.69, 9.17) is 14.2 Å². The lowest BCUT2D eigenvalue weighted by atomic mass is 9.93. The molecule has 1 fully saturated rings. The first kappa shape index (κ1) is 13.7. The van der Waals surface area contributed by atoms with Gasteiger partial charge in [0.1, 0.15) is 13.2 Å². The van der Waals surface area contributed by atoms with Crippen LogP contribution in [0, 0.1) is 5.92 Å². The van der Waals surface area contributed by atoms with Crippen LogP contribution in [0.3, 0.4) is 0 Å². The molecule has 2 aliphatic rings. The summed E-state index contributed by atoms with van der Waals surface area (Å²) in [5.74, 6) is 2.14. The highest BCUT2D eigenvalue weighted by Crippen LogP contribution is 2.45. The van der Waals surface area contributed by atoms with E-state index in [1.54, 1.807) is 0 Å². The van der Waals surface area contributed by atoms with E-state index in [-0.39, 0.29) is 10.9 Å². The van der Waals surface area contributed by atoms with Gasteiger partial charge < -0.3 is 14.2 Å². The largest absolute Gasteiger partial charge is 0.486 e. The molecule has 0 bridgehead atoms. The molecule has 0 amide bonds. The zero-order chi connectivity index (χ0) is 13.4. The van der Waals surface area contributed by atoms with Crippen molar-refractivity contribution in [2.24, 2.45) is 5.92 Å². The van der Waals surface area contributed by atoms with Crippen molar-refractivity contribution in [3.63, 3.8) is 0 Å². The summed E-state index contributed by atoms with van der Waals surface area (Å²) in [4.78, 5) is 0.259. The van der Waals surface area contributed by atoms with E-state index in [1.807, 2.05) is 6.07 Å². The Morgan fingerprint density at radius 2 is 1.84 bits per heavy atom. The van der Waals surface area contributed by atoms with Crippen molar-refractivity contribution in [2.45, 2.75) is 24.3 Å². The third-order valence-corrected chi connectivity index (χ3v) is 5.63. The summed E-state index contributed by atoms with van der Waals surface area (Å²) < 4.78 is 18.0. The highest BCUT2D eigenvalue weighted by atomic mass is 79.9. The minimum Gasteiger partial charge on any atom is -0.486 e. The van der Waals surface area contributed by atoms with Crippen molar-refractivity contribution in [3.8, 4) is 11.5 Å². The van der Waals surface area contributed by atoms with Gasteiger partial charge in [0.15, 0.2) is 11.5 Å². The van der Waals surface area contributed by atoms with E-state index >= 15 is 0 Å². The Morgan fingerprint density at radius 1 is 1.16 bits per heavy atom. The first-order valence-electron chi connectivity index (χ1n) is 6.51. The molecule has 0 radical (unpaired) electrons. The summed E-state index contributed by atoms with van der Waals surface area (Å²) in [7, 11) is 0. The van der Waals surface area contributed by atoms with Gasteiger partial charge >= 0.3 is 0 Å². The van der Waals surface area contributed by atoms with Crippen LogP contribution in [-0.4, -0.2) is 25.9 Å². The van der Waals surface area contributed by atoms with E-state index in [1.165, 1.54) is 5.56 Å². The maximum absolute atomic E-state index is 5.66. The zero-order valence-corrected chi connectivity index (χ0v) is 13.9. The molecule has 0 aromatic heterocycles.